The molecule has 1 aromatic heterocycles. The van der Waals surface area contributed by atoms with Gasteiger partial charge in [0.15, 0.2) is 4.80 Å². The highest BCUT2D eigenvalue weighted by Gasteiger charge is 2.13. The smallest absolute Gasteiger partial charge is 0.221 e. The molecule has 146 valence electrons. The number of amides is 1. The predicted octanol–water partition coefficient (Wildman–Crippen LogP) is 4.44. The van der Waals surface area contributed by atoms with Gasteiger partial charge < -0.3 is 19.4 Å². The van der Waals surface area contributed by atoms with Crippen LogP contribution in [0.5, 0.6) is 11.5 Å². The molecule has 1 N–H and O–H groups in total. The summed E-state index contributed by atoms with van der Waals surface area (Å²) in [5, 5.41) is 4.83. The van der Waals surface area contributed by atoms with Gasteiger partial charge >= 0.3 is 0 Å². The van der Waals surface area contributed by atoms with Crippen molar-refractivity contribution in [2.45, 2.75) is 20.4 Å². The van der Waals surface area contributed by atoms with Crippen LogP contribution in [0.3, 0.4) is 0 Å². The number of hydrogen-bond acceptors (Lipinski definition) is 5. The summed E-state index contributed by atoms with van der Waals surface area (Å²) in [4.78, 5) is 16.8. The second kappa shape index (κ2) is 8.75. The van der Waals surface area contributed by atoms with Crippen molar-refractivity contribution in [1.82, 2.24) is 4.57 Å². The predicted molar refractivity (Wildman–Crippen MR) is 112 cm³/mol. The van der Waals surface area contributed by atoms with Crippen LogP contribution in [0.2, 0.25) is 0 Å². The molecule has 3 rings (SSSR count). The van der Waals surface area contributed by atoms with Gasteiger partial charge in [0.1, 0.15) is 11.5 Å². The lowest BCUT2D eigenvalue weighted by atomic mass is 10.1. The van der Waals surface area contributed by atoms with Crippen LogP contribution in [0.1, 0.15) is 13.8 Å². The van der Waals surface area contributed by atoms with Crippen molar-refractivity contribution in [2.24, 2.45) is 4.99 Å². The molecule has 0 fully saturated rings. The Morgan fingerprint density at radius 1 is 1.14 bits per heavy atom. The van der Waals surface area contributed by atoms with Crippen molar-refractivity contribution < 1.29 is 14.3 Å². The number of aromatic nitrogens is 1. The summed E-state index contributed by atoms with van der Waals surface area (Å²) < 4.78 is 13.1. The minimum absolute atomic E-state index is 0.0938. The summed E-state index contributed by atoms with van der Waals surface area (Å²) in [6.07, 6.45) is 0. The molecule has 0 aliphatic heterocycles. The zero-order valence-electron chi connectivity index (χ0n) is 16.4. The average molecular weight is 398 g/mol. The van der Waals surface area contributed by atoms with Gasteiger partial charge in [0, 0.05) is 30.1 Å². The monoisotopic (exact) mass is 397 g/mol. The van der Waals surface area contributed by atoms with Gasteiger partial charge in [-0.3, -0.25) is 4.79 Å². The fraction of sp³-hybridized carbons (Fsp3) is 0.238. The van der Waals surface area contributed by atoms with E-state index in [-0.39, 0.29) is 5.91 Å². The zero-order chi connectivity index (χ0) is 20.1. The highest BCUT2D eigenvalue weighted by atomic mass is 32.1. The molecule has 0 aliphatic carbocycles. The molecule has 0 aliphatic rings. The van der Waals surface area contributed by atoms with Gasteiger partial charge in [-0.05, 0) is 49.4 Å². The van der Waals surface area contributed by atoms with Gasteiger partial charge in [0.2, 0.25) is 5.91 Å². The third-order valence-electron chi connectivity index (χ3n) is 4.21. The number of benzene rings is 2. The number of carbonyl (C=O) groups excluding carboxylic acids is 1. The minimum Gasteiger partial charge on any atom is -0.497 e. The Balaban J connectivity index is 2.03. The van der Waals surface area contributed by atoms with E-state index in [1.54, 1.807) is 25.6 Å². The number of nitrogens with one attached hydrogen (secondary N) is 1. The molecular weight excluding hydrogens is 374 g/mol. The molecule has 0 saturated heterocycles. The maximum Gasteiger partial charge on any atom is 0.221 e. The number of methoxy groups -OCH3 is 2. The second-order valence-electron chi connectivity index (χ2n) is 6.05. The Morgan fingerprint density at radius 3 is 2.50 bits per heavy atom. The molecule has 0 radical (unpaired) electrons. The molecule has 1 amide bonds. The standard InChI is InChI=1S/C21H23N3O3S/c1-5-24-19(18-12-17(26-3)10-11-20(18)27-4)13-28-21(24)23-16-8-6-15(7-9-16)22-14(2)25/h6-13H,5H2,1-4H3,(H,22,25). The first-order valence-corrected chi connectivity index (χ1v) is 9.76. The summed E-state index contributed by atoms with van der Waals surface area (Å²) in [7, 11) is 3.31. The van der Waals surface area contributed by atoms with E-state index < -0.39 is 0 Å². The Labute approximate surface area is 168 Å². The molecular formula is C21H23N3O3S. The van der Waals surface area contributed by atoms with Gasteiger partial charge in [-0.25, -0.2) is 4.99 Å². The van der Waals surface area contributed by atoms with E-state index in [4.69, 9.17) is 14.5 Å². The van der Waals surface area contributed by atoms with Crippen molar-refractivity contribution >= 4 is 28.6 Å². The lowest BCUT2D eigenvalue weighted by molar-refractivity contribution is -0.114. The number of carbonyl (C=O) groups is 1. The van der Waals surface area contributed by atoms with Crippen molar-refractivity contribution in [3.8, 4) is 22.8 Å². The van der Waals surface area contributed by atoms with Crippen molar-refractivity contribution in [3.05, 3.63) is 52.6 Å². The zero-order valence-corrected chi connectivity index (χ0v) is 17.2. The number of rotatable bonds is 6. The maximum absolute atomic E-state index is 11.2. The maximum atomic E-state index is 11.2. The van der Waals surface area contributed by atoms with Crippen LogP contribution in [0.15, 0.2) is 52.8 Å². The highest BCUT2D eigenvalue weighted by molar-refractivity contribution is 7.07. The third-order valence-corrected chi connectivity index (χ3v) is 5.07. The van der Waals surface area contributed by atoms with Gasteiger partial charge in [-0.1, -0.05) is 0 Å². The first-order valence-electron chi connectivity index (χ1n) is 8.88. The summed E-state index contributed by atoms with van der Waals surface area (Å²) in [5.74, 6) is 1.47. The molecule has 0 bridgehead atoms. The normalized spacial score (nSPS) is 11.4. The van der Waals surface area contributed by atoms with Crippen molar-refractivity contribution in [3.63, 3.8) is 0 Å². The van der Waals surface area contributed by atoms with Crippen molar-refractivity contribution in [2.75, 3.05) is 19.5 Å². The highest BCUT2D eigenvalue weighted by Crippen LogP contribution is 2.33. The quantitative estimate of drug-likeness (QED) is 0.669. The van der Waals surface area contributed by atoms with E-state index in [2.05, 4.69) is 22.2 Å². The topological polar surface area (TPSA) is 64.8 Å². The Hall–Kier alpha value is -3.06. The molecule has 0 saturated carbocycles. The molecule has 0 atom stereocenters. The summed E-state index contributed by atoms with van der Waals surface area (Å²) in [6, 6.07) is 13.2. The first kappa shape index (κ1) is 19.7. The van der Waals surface area contributed by atoms with Gasteiger partial charge in [-0.2, -0.15) is 0 Å². The lowest BCUT2D eigenvalue weighted by Crippen LogP contribution is -2.14. The molecule has 2 aromatic carbocycles. The molecule has 1 heterocycles. The Kier molecular flexibility index (Phi) is 6.16. The summed E-state index contributed by atoms with van der Waals surface area (Å²) in [6.45, 7) is 4.34. The second-order valence-corrected chi connectivity index (χ2v) is 6.89. The van der Waals surface area contributed by atoms with E-state index in [9.17, 15) is 4.79 Å². The van der Waals surface area contributed by atoms with Crippen molar-refractivity contribution in [1.29, 1.82) is 0 Å². The molecule has 7 heteroatoms. The van der Waals surface area contributed by atoms with Crippen LogP contribution >= 0.6 is 11.3 Å². The van der Waals surface area contributed by atoms with Crippen LogP contribution in [0, 0.1) is 0 Å². The van der Waals surface area contributed by atoms with Crippen LogP contribution in [-0.2, 0) is 11.3 Å². The van der Waals surface area contributed by atoms with E-state index in [1.807, 2.05) is 42.5 Å². The molecule has 6 nitrogen and oxygen atoms in total. The number of ether oxygens (including phenoxy) is 2. The SMILES string of the molecule is CCn1c(-c2cc(OC)ccc2OC)csc1=Nc1ccc(NC(C)=O)cc1. The molecule has 3 aromatic rings. The van der Waals surface area contributed by atoms with E-state index in [0.717, 1.165) is 45.5 Å². The number of hydrogen-bond donors (Lipinski definition) is 1. The van der Waals surface area contributed by atoms with Crippen LogP contribution in [-0.4, -0.2) is 24.7 Å². The van der Waals surface area contributed by atoms with E-state index >= 15 is 0 Å². The fourth-order valence-electron chi connectivity index (χ4n) is 2.89. The van der Waals surface area contributed by atoms with E-state index in [1.165, 1.54) is 6.92 Å². The number of thiazole rings is 1. The van der Waals surface area contributed by atoms with Crippen LogP contribution < -0.4 is 19.6 Å². The summed E-state index contributed by atoms with van der Waals surface area (Å²) >= 11 is 1.57. The Bertz CT molecular complexity index is 1040. The van der Waals surface area contributed by atoms with Gasteiger partial charge in [0.05, 0.1) is 25.6 Å². The molecule has 0 unspecified atom stereocenters. The van der Waals surface area contributed by atoms with E-state index in [0.29, 0.717) is 0 Å². The number of anilines is 1. The largest absolute Gasteiger partial charge is 0.497 e. The summed E-state index contributed by atoms with van der Waals surface area (Å²) in [5.41, 5.74) is 3.56. The van der Waals surface area contributed by atoms with Gasteiger partial charge in [0.25, 0.3) is 0 Å². The Morgan fingerprint density at radius 2 is 1.89 bits per heavy atom. The van der Waals surface area contributed by atoms with Gasteiger partial charge in [-0.15, -0.1) is 11.3 Å². The van der Waals surface area contributed by atoms with Crippen LogP contribution in [0.25, 0.3) is 11.3 Å². The first-order chi connectivity index (χ1) is 13.5. The minimum atomic E-state index is -0.0938. The van der Waals surface area contributed by atoms with Crippen LogP contribution in [0.4, 0.5) is 11.4 Å². The average Bonchev–Trinajstić information content (AvgIpc) is 3.10. The molecule has 0 spiro atoms. The molecule has 28 heavy (non-hydrogen) atoms. The lowest BCUT2D eigenvalue weighted by Gasteiger charge is -2.12. The third kappa shape index (κ3) is 4.26. The number of nitrogens with zero attached hydrogens (tertiary/aromatic N) is 2. The fourth-order valence-corrected chi connectivity index (χ4v) is 3.87.